The maximum absolute atomic E-state index is 12.5. The first-order valence-electron chi connectivity index (χ1n) is 8.53. The van der Waals surface area contributed by atoms with Crippen LogP contribution in [0.15, 0.2) is 60.7 Å². The molecule has 0 saturated carbocycles. The molecular formula is C22H18I2O5. The number of rotatable bonds is 0. The Hall–Kier alpha value is -2.01. The highest BCUT2D eigenvalue weighted by molar-refractivity contribution is 14.1. The van der Waals surface area contributed by atoms with Crippen molar-refractivity contribution in [2.24, 2.45) is 0 Å². The molecule has 29 heavy (non-hydrogen) atoms. The topological polar surface area (TPSA) is 76.0 Å². The summed E-state index contributed by atoms with van der Waals surface area (Å²) < 4.78 is 11.8. The first kappa shape index (κ1) is 21.7. The zero-order valence-corrected chi connectivity index (χ0v) is 20.0. The summed E-state index contributed by atoms with van der Waals surface area (Å²) in [5.41, 5.74) is 1.28. The van der Waals surface area contributed by atoms with Crippen molar-refractivity contribution in [3.05, 3.63) is 82.9 Å². The molecule has 0 aromatic heterocycles. The molecule has 150 valence electrons. The van der Waals surface area contributed by atoms with Gasteiger partial charge in [0.25, 0.3) is 0 Å². The number of esters is 1. The lowest BCUT2D eigenvalue weighted by Crippen LogP contribution is -2.32. The number of phenolic OH excluding ortho intramolecular Hbond substituents is 2. The monoisotopic (exact) mass is 616 g/mol. The van der Waals surface area contributed by atoms with Gasteiger partial charge in [-0.2, -0.15) is 0 Å². The van der Waals surface area contributed by atoms with E-state index in [-0.39, 0.29) is 11.5 Å². The number of benzene rings is 3. The van der Waals surface area contributed by atoms with Gasteiger partial charge in [0, 0.05) is 28.8 Å². The molecule has 0 fully saturated rings. The van der Waals surface area contributed by atoms with E-state index in [1.807, 2.05) is 22.0 Å². The molecule has 0 bridgehead atoms. The van der Waals surface area contributed by atoms with E-state index in [0.29, 0.717) is 33.8 Å². The van der Waals surface area contributed by atoms with E-state index in [4.69, 9.17) is 9.47 Å². The lowest BCUT2D eigenvalue weighted by molar-refractivity contribution is 0.0224. The highest BCUT2D eigenvalue weighted by atomic mass is 127. The molecule has 0 unspecified atom stereocenters. The molecule has 0 radical (unpaired) electrons. The Balaban J connectivity index is 0.000000568. The van der Waals surface area contributed by atoms with Crippen LogP contribution in [0.4, 0.5) is 0 Å². The van der Waals surface area contributed by atoms with Gasteiger partial charge in [0.2, 0.25) is 0 Å². The Bertz CT molecular complexity index is 1010. The smallest absolute Gasteiger partial charge is 0.340 e. The third kappa shape index (κ3) is 3.43. The molecule has 2 heterocycles. The first-order valence-corrected chi connectivity index (χ1v) is 12.8. The summed E-state index contributed by atoms with van der Waals surface area (Å²) in [5, 5.41) is 19.7. The number of ether oxygens (including phenoxy) is 2. The Labute approximate surface area is 196 Å². The number of aromatic hydroxyl groups is 2. The van der Waals surface area contributed by atoms with Crippen molar-refractivity contribution >= 4 is 51.2 Å². The third-order valence-electron chi connectivity index (χ3n) is 4.68. The molecule has 2 N–H and O–H groups in total. The number of hydrogen-bond donors (Lipinski definition) is 2. The lowest BCUT2D eigenvalue weighted by Gasteiger charge is -2.36. The summed E-state index contributed by atoms with van der Waals surface area (Å²) in [6.07, 6.45) is 0. The Kier molecular flexibility index (Phi) is 6.57. The highest BCUT2D eigenvalue weighted by Gasteiger charge is 2.53. The summed E-state index contributed by atoms with van der Waals surface area (Å²) in [5.74, 6) is 0.408. The standard InChI is InChI=1S/C20H12O5.2CH3I/c21-11-5-7-15-17(9-11)24-18-10-12(22)6-8-16(18)20(15)14-4-2-1-3-13(14)19(23)25-20;2*1-2/h1-10,21-22H;2*1H3. The van der Waals surface area contributed by atoms with Crippen molar-refractivity contribution in [3.63, 3.8) is 0 Å². The van der Waals surface area contributed by atoms with Gasteiger partial charge < -0.3 is 19.7 Å². The van der Waals surface area contributed by atoms with Crippen LogP contribution in [0.5, 0.6) is 23.0 Å². The maximum atomic E-state index is 12.5. The first-order chi connectivity index (χ1) is 14.1. The van der Waals surface area contributed by atoms with E-state index in [9.17, 15) is 15.0 Å². The van der Waals surface area contributed by atoms with Gasteiger partial charge in [-0.05, 0) is 40.2 Å². The number of phenols is 2. The van der Waals surface area contributed by atoms with Crippen molar-refractivity contribution in [1.29, 1.82) is 0 Å². The van der Waals surface area contributed by atoms with Crippen molar-refractivity contribution in [1.82, 2.24) is 0 Å². The highest BCUT2D eigenvalue weighted by Crippen LogP contribution is 2.56. The van der Waals surface area contributed by atoms with E-state index in [1.165, 1.54) is 24.3 Å². The van der Waals surface area contributed by atoms with Gasteiger partial charge in [-0.15, -0.1) is 0 Å². The molecule has 0 atom stereocenters. The van der Waals surface area contributed by atoms with Crippen LogP contribution in [0, 0.1) is 0 Å². The van der Waals surface area contributed by atoms with Crippen molar-refractivity contribution in [2.75, 3.05) is 9.86 Å². The average molecular weight is 616 g/mol. The summed E-state index contributed by atoms with van der Waals surface area (Å²) in [4.78, 5) is 16.5. The quantitative estimate of drug-likeness (QED) is 0.191. The molecule has 7 heteroatoms. The van der Waals surface area contributed by atoms with Crippen molar-refractivity contribution < 1.29 is 24.5 Å². The second kappa shape index (κ2) is 8.78. The summed E-state index contributed by atoms with van der Waals surface area (Å²) in [7, 11) is 0. The molecule has 0 saturated heterocycles. The molecule has 2 aliphatic heterocycles. The van der Waals surface area contributed by atoms with E-state index < -0.39 is 11.6 Å². The van der Waals surface area contributed by atoms with Crippen LogP contribution >= 0.6 is 45.2 Å². The molecule has 1 spiro atoms. The van der Waals surface area contributed by atoms with Crippen LogP contribution in [0.3, 0.4) is 0 Å². The van der Waals surface area contributed by atoms with Gasteiger partial charge in [-0.1, -0.05) is 63.4 Å². The van der Waals surface area contributed by atoms with E-state index in [1.54, 1.807) is 24.3 Å². The van der Waals surface area contributed by atoms with Crippen LogP contribution in [-0.2, 0) is 10.3 Å². The largest absolute Gasteiger partial charge is 0.508 e. The van der Waals surface area contributed by atoms with Crippen LogP contribution in [-0.4, -0.2) is 26.0 Å². The zero-order chi connectivity index (χ0) is 21.2. The number of alkyl halides is 2. The molecule has 3 aromatic rings. The van der Waals surface area contributed by atoms with E-state index in [0.717, 1.165) is 0 Å². The second-order valence-corrected chi connectivity index (χ2v) is 6.08. The zero-order valence-electron chi connectivity index (χ0n) is 15.6. The lowest BCUT2D eigenvalue weighted by atomic mass is 9.77. The van der Waals surface area contributed by atoms with Crippen molar-refractivity contribution in [2.45, 2.75) is 5.60 Å². The number of halogens is 2. The summed E-state index contributed by atoms with van der Waals surface area (Å²) in [6, 6.07) is 16.6. The van der Waals surface area contributed by atoms with E-state index >= 15 is 0 Å². The van der Waals surface area contributed by atoms with Gasteiger partial charge in [0.05, 0.1) is 5.56 Å². The predicted molar refractivity (Wildman–Crippen MR) is 128 cm³/mol. The minimum atomic E-state index is -1.17. The fraction of sp³-hybridized carbons (Fsp3) is 0.136. The van der Waals surface area contributed by atoms with Gasteiger partial charge in [0.1, 0.15) is 23.0 Å². The predicted octanol–water partition coefficient (Wildman–Crippen LogP) is 5.77. The third-order valence-corrected chi connectivity index (χ3v) is 4.68. The minimum Gasteiger partial charge on any atom is -0.508 e. The summed E-state index contributed by atoms with van der Waals surface area (Å²) >= 11 is 4.30. The Morgan fingerprint density at radius 1 is 0.759 bits per heavy atom. The van der Waals surface area contributed by atoms with Crippen LogP contribution in [0.2, 0.25) is 0 Å². The second-order valence-electron chi connectivity index (χ2n) is 6.08. The SMILES string of the molecule is CI.CI.O=C1OC2(c3ccc(O)cc3Oc3cc(O)ccc32)c2ccccc21. The average Bonchev–Trinajstić information content (AvgIpc) is 3.04. The normalized spacial score (nSPS) is 14.0. The molecule has 0 amide bonds. The number of carbonyl (C=O) groups excluding carboxylic acids is 1. The number of carbonyl (C=O) groups is 1. The van der Waals surface area contributed by atoms with Gasteiger partial charge in [-0.25, -0.2) is 4.79 Å². The van der Waals surface area contributed by atoms with Crippen LogP contribution in [0.25, 0.3) is 0 Å². The summed E-state index contributed by atoms with van der Waals surface area (Å²) in [6.45, 7) is 0. The fourth-order valence-electron chi connectivity index (χ4n) is 3.65. The maximum Gasteiger partial charge on any atom is 0.340 e. The van der Waals surface area contributed by atoms with Crippen LogP contribution < -0.4 is 4.74 Å². The van der Waals surface area contributed by atoms with Gasteiger partial charge in [-0.3, -0.25) is 0 Å². The molecule has 5 rings (SSSR count). The molecule has 5 nitrogen and oxygen atoms in total. The van der Waals surface area contributed by atoms with Crippen LogP contribution in [0.1, 0.15) is 27.0 Å². The molecule has 2 aliphatic rings. The number of fused-ring (bicyclic) bond motifs is 6. The molecular weight excluding hydrogens is 598 g/mol. The van der Waals surface area contributed by atoms with Crippen molar-refractivity contribution in [3.8, 4) is 23.0 Å². The minimum absolute atomic E-state index is 0.0371. The fourth-order valence-corrected chi connectivity index (χ4v) is 3.65. The van der Waals surface area contributed by atoms with E-state index in [2.05, 4.69) is 45.2 Å². The van der Waals surface area contributed by atoms with Gasteiger partial charge >= 0.3 is 5.97 Å². The van der Waals surface area contributed by atoms with Gasteiger partial charge in [0.15, 0.2) is 5.60 Å². The molecule has 0 aliphatic carbocycles. The number of hydrogen-bond acceptors (Lipinski definition) is 5. The molecule has 3 aromatic carbocycles. The Morgan fingerprint density at radius 3 is 1.83 bits per heavy atom. The Morgan fingerprint density at radius 2 is 1.28 bits per heavy atom.